The summed E-state index contributed by atoms with van der Waals surface area (Å²) in [5.41, 5.74) is 2.79. The number of halogens is 3. The lowest BCUT2D eigenvalue weighted by Gasteiger charge is -2.08. The van der Waals surface area contributed by atoms with Crippen molar-refractivity contribution in [1.29, 1.82) is 0 Å². The predicted molar refractivity (Wildman–Crippen MR) is 67.3 cm³/mol. The van der Waals surface area contributed by atoms with E-state index in [-0.39, 0.29) is 5.82 Å². The molecule has 0 aliphatic rings. The van der Waals surface area contributed by atoms with Crippen LogP contribution in [0.3, 0.4) is 0 Å². The van der Waals surface area contributed by atoms with E-state index < -0.39 is 0 Å². The van der Waals surface area contributed by atoms with Crippen LogP contribution in [-0.4, -0.2) is 4.98 Å². The molecule has 0 aliphatic carbocycles. The molecule has 4 heteroatoms. The minimum atomic E-state index is -0.251. The summed E-state index contributed by atoms with van der Waals surface area (Å²) in [6.45, 7) is 0. The van der Waals surface area contributed by atoms with Gasteiger partial charge in [-0.2, -0.15) is 0 Å². The zero-order chi connectivity index (χ0) is 11.5. The third kappa shape index (κ3) is 2.25. The second kappa shape index (κ2) is 4.93. The average Bonchev–Trinajstić information content (AvgIpc) is 2.30. The van der Waals surface area contributed by atoms with E-state index in [2.05, 4.69) is 20.9 Å². The summed E-state index contributed by atoms with van der Waals surface area (Å²) in [5, 5.41) is 1.25. The van der Waals surface area contributed by atoms with Crippen molar-refractivity contribution in [3.05, 3.63) is 53.1 Å². The molecule has 0 spiro atoms. The van der Waals surface area contributed by atoms with Crippen LogP contribution in [0.5, 0.6) is 0 Å². The van der Waals surface area contributed by atoms with Crippen LogP contribution in [0.15, 0.2) is 36.7 Å². The summed E-state index contributed by atoms with van der Waals surface area (Å²) in [6.07, 6.45) is 3.33. The van der Waals surface area contributed by atoms with Gasteiger partial charge in [0.15, 0.2) is 0 Å². The smallest absolute Gasteiger partial charge is 0.123 e. The summed E-state index contributed by atoms with van der Waals surface area (Å²) in [6, 6.07) is 6.28. The van der Waals surface area contributed by atoms with Crippen molar-refractivity contribution in [2.24, 2.45) is 0 Å². The molecule has 0 fully saturated rings. The highest BCUT2D eigenvalue weighted by molar-refractivity contribution is 9.08. The number of hydrogen-bond donors (Lipinski definition) is 0. The van der Waals surface area contributed by atoms with E-state index in [1.165, 1.54) is 12.1 Å². The van der Waals surface area contributed by atoms with Gasteiger partial charge in [-0.25, -0.2) is 4.39 Å². The number of pyridine rings is 1. The van der Waals surface area contributed by atoms with Gasteiger partial charge in [-0.1, -0.05) is 39.7 Å². The van der Waals surface area contributed by atoms with E-state index in [4.69, 9.17) is 11.6 Å². The third-order valence-electron chi connectivity index (χ3n) is 2.29. The van der Waals surface area contributed by atoms with Crippen LogP contribution in [0.2, 0.25) is 5.02 Å². The standard InChI is InChI=1S/C12H8BrClFN/c13-5-10-11(6-16-7-12(10)14)8-1-3-9(15)4-2-8/h1-4,6-7H,5H2. The molecular formula is C12H8BrClFN. The molecule has 0 amide bonds. The Labute approximate surface area is 106 Å². The van der Waals surface area contributed by atoms with Crippen molar-refractivity contribution in [3.63, 3.8) is 0 Å². The van der Waals surface area contributed by atoms with Crippen molar-refractivity contribution in [1.82, 2.24) is 4.98 Å². The second-order valence-electron chi connectivity index (χ2n) is 3.29. The van der Waals surface area contributed by atoms with Crippen molar-refractivity contribution in [3.8, 4) is 11.1 Å². The Morgan fingerprint density at radius 1 is 1.19 bits per heavy atom. The van der Waals surface area contributed by atoms with Gasteiger partial charge in [0, 0.05) is 23.3 Å². The van der Waals surface area contributed by atoms with E-state index in [1.807, 2.05) is 0 Å². The minimum Gasteiger partial charge on any atom is -0.263 e. The number of nitrogens with zero attached hydrogens (tertiary/aromatic N) is 1. The fraction of sp³-hybridized carbons (Fsp3) is 0.0833. The highest BCUT2D eigenvalue weighted by atomic mass is 79.9. The first-order valence-electron chi connectivity index (χ1n) is 4.66. The van der Waals surface area contributed by atoms with Gasteiger partial charge in [-0.15, -0.1) is 0 Å². The average molecular weight is 301 g/mol. The Morgan fingerprint density at radius 2 is 1.88 bits per heavy atom. The van der Waals surface area contributed by atoms with Crippen molar-refractivity contribution >= 4 is 27.5 Å². The fourth-order valence-electron chi connectivity index (χ4n) is 1.48. The van der Waals surface area contributed by atoms with Gasteiger partial charge in [0.1, 0.15) is 5.82 Å². The quantitative estimate of drug-likeness (QED) is 0.747. The molecule has 1 nitrogen and oxygen atoms in total. The Bertz CT molecular complexity index is 499. The number of aromatic nitrogens is 1. The summed E-state index contributed by atoms with van der Waals surface area (Å²) in [7, 11) is 0. The third-order valence-corrected chi connectivity index (χ3v) is 3.18. The first-order valence-corrected chi connectivity index (χ1v) is 6.16. The van der Waals surface area contributed by atoms with Crippen LogP contribution >= 0.6 is 27.5 Å². The van der Waals surface area contributed by atoms with E-state index in [1.54, 1.807) is 24.5 Å². The fourth-order valence-corrected chi connectivity index (χ4v) is 2.47. The van der Waals surface area contributed by atoms with Crippen LogP contribution in [0.25, 0.3) is 11.1 Å². The lowest BCUT2D eigenvalue weighted by Crippen LogP contribution is -1.89. The van der Waals surface area contributed by atoms with E-state index in [0.717, 1.165) is 16.7 Å². The maximum Gasteiger partial charge on any atom is 0.123 e. The van der Waals surface area contributed by atoms with Gasteiger partial charge >= 0.3 is 0 Å². The number of rotatable bonds is 2. The Balaban J connectivity index is 2.55. The molecular weight excluding hydrogens is 292 g/mol. The van der Waals surface area contributed by atoms with Crippen molar-refractivity contribution in [2.45, 2.75) is 5.33 Å². The number of hydrogen-bond acceptors (Lipinski definition) is 1. The molecule has 2 rings (SSSR count). The molecule has 1 heterocycles. The maximum absolute atomic E-state index is 12.8. The SMILES string of the molecule is Fc1ccc(-c2cncc(Cl)c2CBr)cc1. The van der Waals surface area contributed by atoms with Gasteiger partial charge in [-0.05, 0) is 23.3 Å². The highest BCUT2D eigenvalue weighted by Crippen LogP contribution is 2.29. The molecule has 82 valence electrons. The summed E-state index contributed by atoms with van der Waals surface area (Å²) in [5.74, 6) is -0.251. The van der Waals surface area contributed by atoms with E-state index >= 15 is 0 Å². The summed E-state index contributed by atoms with van der Waals surface area (Å²) >= 11 is 9.43. The monoisotopic (exact) mass is 299 g/mol. The molecule has 0 saturated carbocycles. The molecule has 0 atom stereocenters. The van der Waals surface area contributed by atoms with Crippen LogP contribution < -0.4 is 0 Å². The van der Waals surface area contributed by atoms with E-state index in [9.17, 15) is 4.39 Å². The van der Waals surface area contributed by atoms with Crippen LogP contribution in [0.1, 0.15) is 5.56 Å². The normalized spacial score (nSPS) is 10.4. The molecule has 0 N–H and O–H groups in total. The number of benzene rings is 1. The molecule has 16 heavy (non-hydrogen) atoms. The second-order valence-corrected chi connectivity index (χ2v) is 4.26. The first-order chi connectivity index (χ1) is 7.72. The van der Waals surface area contributed by atoms with Crippen LogP contribution in [0, 0.1) is 5.82 Å². The summed E-state index contributed by atoms with van der Waals surface area (Å²) in [4.78, 5) is 4.05. The van der Waals surface area contributed by atoms with Gasteiger partial charge in [0.05, 0.1) is 5.02 Å². The Hall–Kier alpha value is -0.930. The summed E-state index contributed by atoms with van der Waals surface area (Å²) < 4.78 is 12.8. The van der Waals surface area contributed by atoms with E-state index in [0.29, 0.717) is 10.4 Å². The Morgan fingerprint density at radius 3 is 2.50 bits per heavy atom. The molecule has 2 aromatic rings. The lowest BCUT2D eigenvalue weighted by atomic mass is 10.0. The topological polar surface area (TPSA) is 12.9 Å². The molecule has 0 saturated heterocycles. The van der Waals surface area contributed by atoms with Crippen molar-refractivity contribution < 1.29 is 4.39 Å². The molecule has 1 aromatic heterocycles. The van der Waals surface area contributed by atoms with Gasteiger partial charge in [-0.3, -0.25) is 4.98 Å². The lowest BCUT2D eigenvalue weighted by molar-refractivity contribution is 0.628. The molecule has 1 aromatic carbocycles. The molecule has 0 bridgehead atoms. The zero-order valence-electron chi connectivity index (χ0n) is 8.25. The first kappa shape index (κ1) is 11.6. The highest BCUT2D eigenvalue weighted by Gasteiger charge is 2.08. The maximum atomic E-state index is 12.8. The van der Waals surface area contributed by atoms with Gasteiger partial charge < -0.3 is 0 Å². The molecule has 0 aliphatic heterocycles. The Kier molecular flexibility index (Phi) is 3.56. The number of alkyl halides is 1. The zero-order valence-corrected chi connectivity index (χ0v) is 10.6. The predicted octanol–water partition coefficient (Wildman–Crippen LogP) is 4.44. The van der Waals surface area contributed by atoms with Crippen LogP contribution in [-0.2, 0) is 5.33 Å². The van der Waals surface area contributed by atoms with Gasteiger partial charge in [0.2, 0.25) is 0 Å². The van der Waals surface area contributed by atoms with Gasteiger partial charge in [0.25, 0.3) is 0 Å². The van der Waals surface area contributed by atoms with Crippen molar-refractivity contribution in [2.75, 3.05) is 0 Å². The molecule has 0 radical (unpaired) electrons. The molecule has 0 unspecified atom stereocenters. The van der Waals surface area contributed by atoms with Crippen LogP contribution in [0.4, 0.5) is 4.39 Å². The minimum absolute atomic E-state index is 0.251. The largest absolute Gasteiger partial charge is 0.263 e.